The maximum absolute atomic E-state index is 6.18. The Balaban J connectivity index is 2.03. The summed E-state index contributed by atoms with van der Waals surface area (Å²) in [5, 5.41) is 0. The molecule has 0 aromatic rings. The largest absolute Gasteiger partial charge is 0.348 e. The van der Waals surface area contributed by atoms with E-state index in [0.717, 1.165) is 17.9 Å². The second kappa shape index (κ2) is 7.62. The number of thioether (sulfide) groups is 2. The van der Waals surface area contributed by atoms with E-state index in [-0.39, 0.29) is 18.3 Å². The third-order valence-electron chi connectivity index (χ3n) is 3.75. The van der Waals surface area contributed by atoms with Gasteiger partial charge in [0.25, 0.3) is 0 Å². The average molecular weight is 351 g/mol. The highest BCUT2D eigenvalue weighted by Gasteiger charge is 2.50. The Morgan fingerprint density at radius 3 is 2.09 bits per heavy atom. The fourth-order valence-electron chi connectivity index (χ4n) is 2.98. The normalized spacial score (nSPS) is 33.7. The summed E-state index contributed by atoms with van der Waals surface area (Å²) in [5.41, 5.74) is 0. The molecule has 0 aliphatic carbocycles. The lowest BCUT2D eigenvalue weighted by atomic mass is 10.1. The number of hydrogen-bond acceptors (Lipinski definition) is 6. The van der Waals surface area contributed by atoms with Crippen molar-refractivity contribution in [3.05, 3.63) is 0 Å². The first-order valence-electron chi connectivity index (χ1n) is 8.17. The zero-order valence-corrected chi connectivity index (χ0v) is 16.2. The van der Waals surface area contributed by atoms with Crippen molar-refractivity contribution in [2.45, 2.75) is 82.4 Å². The van der Waals surface area contributed by atoms with Gasteiger partial charge in [0.15, 0.2) is 11.6 Å². The van der Waals surface area contributed by atoms with Crippen molar-refractivity contribution in [1.29, 1.82) is 0 Å². The lowest BCUT2D eigenvalue weighted by Crippen LogP contribution is -2.39. The van der Waals surface area contributed by atoms with Crippen LogP contribution in [-0.4, -0.2) is 52.6 Å². The maximum atomic E-state index is 6.18. The molecule has 2 heterocycles. The van der Waals surface area contributed by atoms with Crippen LogP contribution in [-0.2, 0) is 18.9 Å². The van der Waals surface area contributed by atoms with Crippen LogP contribution in [0.2, 0.25) is 0 Å². The predicted molar refractivity (Wildman–Crippen MR) is 93.4 cm³/mol. The van der Waals surface area contributed by atoms with E-state index in [2.05, 4.69) is 13.8 Å². The Kier molecular flexibility index (Phi) is 6.53. The predicted octanol–water partition coefficient (Wildman–Crippen LogP) is 3.88. The molecule has 2 saturated heterocycles. The molecule has 0 spiro atoms. The van der Waals surface area contributed by atoms with E-state index in [1.54, 1.807) is 0 Å². The van der Waals surface area contributed by atoms with Gasteiger partial charge in [-0.3, -0.25) is 0 Å². The number of rotatable bonds is 7. The highest BCUT2D eigenvalue weighted by atomic mass is 32.2. The van der Waals surface area contributed by atoms with Crippen molar-refractivity contribution in [3.63, 3.8) is 0 Å². The molecule has 0 unspecified atom stereocenters. The molecular weight excluding hydrogens is 320 g/mol. The monoisotopic (exact) mass is 350 g/mol. The fraction of sp³-hybridized carbons (Fsp3) is 1.00. The minimum atomic E-state index is -0.552. The molecule has 2 fully saturated rings. The molecule has 0 N–H and O–H groups in total. The Morgan fingerprint density at radius 1 is 0.955 bits per heavy atom. The van der Waals surface area contributed by atoms with Crippen LogP contribution in [0.1, 0.15) is 48.0 Å². The van der Waals surface area contributed by atoms with Crippen LogP contribution in [0.4, 0.5) is 0 Å². The fourth-order valence-corrected chi connectivity index (χ4v) is 5.58. The minimum absolute atomic E-state index is 0.0549. The van der Waals surface area contributed by atoms with Crippen molar-refractivity contribution in [1.82, 2.24) is 0 Å². The molecule has 0 amide bonds. The smallest absolute Gasteiger partial charge is 0.163 e. The number of ether oxygens (including phenoxy) is 4. The third-order valence-corrected chi connectivity index (χ3v) is 6.36. The average Bonchev–Trinajstić information content (AvgIpc) is 2.89. The summed E-state index contributed by atoms with van der Waals surface area (Å²) in [6, 6.07) is 0. The van der Waals surface area contributed by atoms with Gasteiger partial charge in [-0.2, -0.15) is 0 Å². The highest BCUT2D eigenvalue weighted by Crippen LogP contribution is 2.40. The molecule has 2 aliphatic rings. The van der Waals surface area contributed by atoms with Gasteiger partial charge in [-0.05, 0) is 45.6 Å². The molecular formula is C16H30O4S2. The van der Waals surface area contributed by atoms with Gasteiger partial charge in [0, 0.05) is 0 Å². The molecule has 0 bridgehead atoms. The molecule has 0 radical (unpaired) electrons. The van der Waals surface area contributed by atoms with E-state index in [1.807, 2.05) is 51.2 Å². The van der Waals surface area contributed by atoms with Gasteiger partial charge < -0.3 is 18.9 Å². The van der Waals surface area contributed by atoms with E-state index in [1.165, 1.54) is 0 Å². The summed E-state index contributed by atoms with van der Waals surface area (Å²) in [5.74, 6) is 1.16. The second-order valence-corrected chi connectivity index (χ2v) is 9.84. The summed E-state index contributed by atoms with van der Waals surface area (Å²) in [7, 11) is 0. The van der Waals surface area contributed by atoms with Crippen LogP contribution in [0.25, 0.3) is 0 Å². The van der Waals surface area contributed by atoms with Crippen LogP contribution in [0.15, 0.2) is 0 Å². The van der Waals surface area contributed by atoms with Crippen LogP contribution in [0, 0.1) is 0 Å². The van der Waals surface area contributed by atoms with Crippen molar-refractivity contribution in [2.24, 2.45) is 0 Å². The minimum Gasteiger partial charge on any atom is -0.348 e. The van der Waals surface area contributed by atoms with E-state index >= 15 is 0 Å². The van der Waals surface area contributed by atoms with E-state index in [9.17, 15) is 0 Å². The lowest BCUT2D eigenvalue weighted by molar-refractivity contribution is -0.174. The van der Waals surface area contributed by atoms with Crippen molar-refractivity contribution < 1.29 is 18.9 Å². The Labute approximate surface area is 143 Å². The van der Waals surface area contributed by atoms with Crippen molar-refractivity contribution in [3.8, 4) is 0 Å². The van der Waals surface area contributed by atoms with E-state index in [4.69, 9.17) is 18.9 Å². The van der Waals surface area contributed by atoms with Crippen molar-refractivity contribution >= 4 is 23.5 Å². The van der Waals surface area contributed by atoms with Crippen LogP contribution >= 0.6 is 23.5 Å². The maximum Gasteiger partial charge on any atom is 0.163 e. The molecule has 2 rings (SSSR count). The molecule has 0 aromatic heterocycles. The zero-order valence-electron chi connectivity index (χ0n) is 14.6. The molecule has 22 heavy (non-hydrogen) atoms. The topological polar surface area (TPSA) is 36.9 Å². The third kappa shape index (κ3) is 5.02. The molecule has 2 aliphatic heterocycles. The molecule has 0 aromatic carbocycles. The summed E-state index contributed by atoms with van der Waals surface area (Å²) in [6.07, 6.45) is 0.918. The van der Waals surface area contributed by atoms with Gasteiger partial charge in [0.1, 0.15) is 12.2 Å². The van der Waals surface area contributed by atoms with Crippen LogP contribution in [0.5, 0.6) is 0 Å². The summed E-state index contributed by atoms with van der Waals surface area (Å²) < 4.78 is 24.6. The molecule has 6 heteroatoms. The molecule has 3 atom stereocenters. The summed E-state index contributed by atoms with van der Waals surface area (Å²) >= 11 is 3.98. The summed E-state index contributed by atoms with van der Waals surface area (Å²) in [6.45, 7) is 12.8. The van der Waals surface area contributed by atoms with Crippen molar-refractivity contribution in [2.75, 3.05) is 18.1 Å². The number of hydrogen-bond donors (Lipinski definition) is 0. The Hall–Kier alpha value is 0.540. The van der Waals surface area contributed by atoms with Gasteiger partial charge in [-0.25, -0.2) is 0 Å². The summed E-state index contributed by atoms with van der Waals surface area (Å²) in [4.78, 5) is 0. The van der Waals surface area contributed by atoms with E-state index < -0.39 is 11.6 Å². The Bertz CT molecular complexity index is 356. The molecule has 0 saturated carbocycles. The van der Waals surface area contributed by atoms with Gasteiger partial charge in [0.05, 0.1) is 17.3 Å². The highest BCUT2D eigenvalue weighted by molar-refractivity contribution is 8.16. The molecule has 4 nitrogen and oxygen atoms in total. The zero-order chi connectivity index (χ0) is 16.4. The van der Waals surface area contributed by atoms with Crippen LogP contribution in [0.3, 0.4) is 0 Å². The van der Waals surface area contributed by atoms with E-state index in [0.29, 0.717) is 11.2 Å². The quantitative estimate of drug-likeness (QED) is 0.649. The first kappa shape index (κ1) is 18.9. The van der Waals surface area contributed by atoms with Gasteiger partial charge in [0.2, 0.25) is 0 Å². The van der Waals surface area contributed by atoms with Gasteiger partial charge >= 0.3 is 0 Å². The first-order chi connectivity index (χ1) is 10.3. The standard InChI is InChI=1S/C16H30O4S2/c1-7-21-13(22-8-2)9-11-14(20-16(5,6)18-11)12-10-17-15(3,4)19-12/h11-14H,7-10H2,1-6H3/t11-,12-,14-/m1/s1. The van der Waals surface area contributed by atoms with Crippen LogP contribution < -0.4 is 0 Å². The SMILES string of the molecule is CCSC(C[C@H]1OC(C)(C)O[C@H]1[C@H]1COC(C)(C)O1)SCC. The lowest BCUT2D eigenvalue weighted by Gasteiger charge is -2.25. The second-order valence-electron chi connectivity index (χ2n) is 6.58. The van der Waals surface area contributed by atoms with Gasteiger partial charge in [-0.15, -0.1) is 23.5 Å². The Morgan fingerprint density at radius 2 is 1.59 bits per heavy atom. The first-order valence-corrected chi connectivity index (χ1v) is 10.3. The van der Waals surface area contributed by atoms with Gasteiger partial charge in [-0.1, -0.05) is 13.8 Å². The molecule has 130 valence electrons.